The number of hydrogen-bond acceptors (Lipinski definition) is 5. The summed E-state index contributed by atoms with van der Waals surface area (Å²) in [6, 6.07) is 12.8. The lowest BCUT2D eigenvalue weighted by atomic mass is 10.2. The summed E-state index contributed by atoms with van der Waals surface area (Å²) < 4.78 is 29.3. The lowest BCUT2D eigenvalue weighted by molar-refractivity contribution is 0.384. The minimum atomic E-state index is -3.47. The minimum Gasteiger partial charge on any atom is -0.366 e. The molecule has 0 aliphatic carbocycles. The zero-order valence-corrected chi connectivity index (χ0v) is 17.7. The fourth-order valence-electron chi connectivity index (χ4n) is 3.81. The maximum atomic E-state index is 12.9. The molecule has 0 atom stereocenters. The number of piperazine rings is 1. The van der Waals surface area contributed by atoms with Gasteiger partial charge >= 0.3 is 0 Å². The Morgan fingerprint density at radius 2 is 1.59 bits per heavy atom. The average molecular weight is 412 g/mol. The third kappa shape index (κ3) is 3.65. The highest BCUT2D eigenvalue weighted by atomic mass is 32.2. The van der Waals surface area contributed by atoms with E-state index < -0.39 is 10.0 Å². The monoisotopic (exact) mass is 411 g/mol. The fraction of sp³-hybridized carbons (Fsp3) is 0.333. The summed E-state index contributed by atoms with van der Waals surface area (Å²) in [5.41, 5.74) is 4.03. The van der Waals surface area contributed by atoms with E-state index in [-0.39, 0.29) is 0 Å². The van der Waals surface area contributed by atoms with Crippen LogP contribution in [0.4, 0.5) is 5.69 Å². The summed E-state index contributed by atoms with van der Waals surface area (Å²) in [5.74, 6) is 0.778. The van der Waals surface area contributed by atoms with E-state index in [0.29, 0.717) is 31.1 Å². The SMILES string of the molecule is Cc1ccc(S(=O)(=O)N2CCN(c3c(C)nn(-c4ccccn4)c3C)CC2)cc1. The summed E-state index contributed by atoms with van der Waals surface area (Å²) in [4.78, 5) is 6.96. The van der Waals surface area contributed by atoms with Gasteiger partial charge in [-0.2, -0.15) is 9.40 Å². The standard InChI is InChI=1S/C21H25N5O2S/c1-16-7-9-19(10-8-16)29(27,28)25-14-12-24(13-15-25)21-17(2)23-26(18(21)3)20-6-4-5-11-22-20/h4-11H,12-15H2,1-3H3. The predicted octanol–water partition coefficient (Wildman–Crippen LogP) is 2.70. The Kier molecular flexibility index (Phi) is 5.14. The second kappa shape index (κ2) is 7.61. The van der Waals surface area contributed by atoms with Crippen LogP contribution >= 0.6 is 0 Å². The topological polar surface area (TPSA) is 71.3 Å². The molecule has 0 amide bonds. The highest BCUT2D eigenvalue weighted by molar-refractivity contribution is 7.89. The number of hydrogen-bond donors (Lipinski definition) is 0. The number of aromatic nitrogens is 3. The number of nitrogens with zero attached hydrogens (tertiary/aromatic N) is 5. The fourth-order valence-corrected chi connectivity index (χ4v) is 5.23. The molecule has 1 aromatic carbocycles. The first kappa shape index (κ1) is 19.6. The zero-order chi connectivity index (χ0) is 20.6. The van der Waals surface area contributed by atoms with Crippen LogP contribution in [-0.2, 0) is 10.0 Å². The molecule has 0 spiro atoms. The molecule has 0 N–H and O–H groups in total. The highest BCUT2D eigenvalue weighted by Gasteiger charge is 2.30. The average Bonchev–Trinajstić information content (AvgIpc) is 3.03. The van der Waals surface area contributed by atoms with Gasteiger partial charge in [-0.05, 0) is 45.0 Å². The van der Waals surface area contributed by atoms with E-state index >= 15 is 0 Å². The van der Waals surface area contributed by atoms with Crippen molar-refractivity contribution >= 4 is 15.7 Å². The van der Waals surface area contributed by atoms with Crippen molar-refractivity contribution in [1.82, 2.24) is 19.1 Å². The van der Waals surface area contributed by atoms with Gasteiger partial charge in [-0.25, -0.2) is 18.1 Å². The molecule has 2 aromatic heterocycles. The molecule has 3 aromatic rings. The second-order valence-electron chi connectivity index (χ2n) is 7.32. The quantitative estimate of drug-likeness (QED) is 0.660. The van der Waals surface area contributed by atoms with Crippen molar-refractivity contribution in [1.29, 1.82) is 0 Å². The molecule has 7 nitrogen and oxygen atoms in total. The molecular formula is C21H25N5O2S. The molecule has 0 saturated carbocycles. The second-order valence-corrected chi connectivity index (χ2v) is 9.26. The molecular weight excluding hydrogens is 386 g/mol. The number of pyridine rings is 1. The van der Waals surface area contributed by atoms with Crippen molar-refractivity contribution in [2.45, 2.75) is 25.7 Å². The van der Waals surface area contributed by atoms with Gasteiger partial charge in [0, 0.05) is 32.4 Å². The van der Waals surface area contributed by atoms with Gasteiger partial charge in [0.25, 0.3) is 0 Å². The third-order valence-corrected chi connectivity index (χ3v) is 7.25. The van der Waals surface area contributed by atoms with E-state index in [0.717, 1.165) is 28.5 Å². The van der Waals surface area contributed by atoms with Crippen LogP contribution in [-0.4, -0.2) is 53.7 Å². The Hall–Kier alpha value is -2.71. The maximum absolute atomic E-state index is 12.9. The van der Waals surface area contributed by atoms with Crippen LogP contribution in [0.1, 0.15) is 17.0 Å². The van der Waals surface area contributed by atoms with Crippen molar-refractivity contribution in [3.8, 4) is 5.82 Å². The molecule has 1 aliphatic heterocycles. The molecule has 1 aliphatic rings. The van der Waals surface area contributed by atoms with Crippen LogP contribution in [0.15, 0.2) is 53.6 Å². The molecule has 3 heterocycles. The molecule has 0 radical (unpaired) electrons. The molecule has 4 rings (SSSR count). The van der Waals surface area contributed by atoms with Gasteiger partial charge in [-0.1, -0.05) is 23.8 Å². The Bertz CT molecular complexity index is 1100. The Morgan fingerprint density at radius 1 is 0.897 bits per heavy atom. The summed E-state index contributed by atoms with van der Waals surface area (Å²) >= 11 is 0. The maximum Gasteiger partial charge on any atom is 0.243 e. The number of benzene rings is 1. The summed E-state index contributed by atoms with van der Waals surface area (Å²) in [5, 5.41) is 4.66. The van der Waals surface area contributed by atoms with E-state index in [1.165, 1.54) is 0 Å². The van der Waals surface area contributed by atoms with E-state index in [9.17, 15) is 8.42 Å². The summed E-state index contributed by atoms with van der Waals surface area (Å²) in [6.07, 6.45) is 1.75. The van der Waals surface area contributed by atoms with Crippen LogP contribution in [0, 0.1) is 20.8 Å². The van der Waals surface area contributed by atoms with Crippen molar-refractivity contribution < 1.29 is 8.42 Å². The van der Waals surface area contributed by atoms with Crippen LogP contribution < -0.4 is 4.90 Å². The van der Waals surface area contributed by atoms with Crippen molar-refractivity contribution in [2.24, 2.45) is 0 Å². The van der Waals surface area contributed by atoms with E-state index in [1.807, 2.05) is 55.8 Å². The normalized spacial score (nSPS) is 15.6. The Balaban J connectivity index is 1.53. The van der Waals surface area contributed by atoms with Crippen LogP contribution in [0.25, 0.3) is 5.82 Å². The molecule has 8 heteroatoms. The largest absolute Gasteiger partial charge is 0.366 e. The summed E-state index contributed by atoms with van der Waals surface area (Å²) in [7, 11) is -3.47. The smallest absolute Gasteiger partial charge is 0.243 e. The van der Waals surface area contributed by atoms with Crippen LogP contribution in [0.5, 0.6) is 0 Å². The molecule has 0 bridgehead atoms. The summed E-state index contributed by atoms with van der Waals surface area (Å²) in [6.45, 7) is 8.11. The first-order valence-electron chi connectivity index (χ1n) is 9.67. The van der Waals surface area contributed by atoms with Gasteiger partial charge in [0.05, 0.1) is 22.0 Å². The van der Waals surface area contributed by atoms with Gasteiger partial charge in [0.1, 0.15) is 0 Å². The van der Waals surface area contributed by atoms with Gasteiger partial charge in [0.15, 0.2) is 5.82 Å². The lowest BCUT2D eigenvalue weighted by Crippen LogP contribution is -2.49. The third-order valence-electron chi connectivity index (χ3n) is 5.33. The van der Waals surface area contributed by atoms with Gasteiger partial charge in [0.2, 0.25) is 10.0 Å². The first-order chi connectivity index (χ1) is 13.9. The predicted molar refractivity (Wildman–Crippen MR) is 113 cm³/mol. The van der Waals surface area contributed by atoms with Crippen LogP contribution in [0.2, 0.25) is 0 Å². The number of sulfonamides is 1. The Labute approximate surface area is 171 Å². The molecule has 1 fully saturated rings. The van der Waals surface area contributed by atoms with E-state index in [2.05, 4.69) is 15.0 Å². The van der Waals surface area contributed by atoms with Crippen molar-refractivity contribution in [2.75, 3.05) is 31.1 Å². The molecule has 0 unspecified atom stereocenters. The van der Waals surface area contributed by atoms with Gasteiger partial charge < -0.3 is 4.90 Å². The van der Waals surface area contributed by atoms with Gasteiger partial charge in [-0.3, -0.25) is 0 Å². The first-order valence-corrected chi connectivity index (χ1v) is 11.1. The molecule has 29 heavy (non-hydrogen) atoms. The Morgan fingerprint density at radius 3 is 2.21 bits per heavy atom. The number of rotatable bonds is 4. The van der Waals surface area contributed by atoms with E-state index in [4.69, 9.17) is 0 Å². The minimum absolute atomic E-state index is 0.354. The van der Waals surface area contributed by atoms with Crippen molar-refractivity contribution in [3.63, 3.8) is 0 Å². The zero-order valence-electron chi connectivity index (χ0n) is 16.9. The molecule has 152 valence electrons. The lowest BCUT2D eigenvalue weighted by Gasteiger charge is -2.35. The number of anilines is 1. The van der Waals surface area contributed by atoms with Crippen molar-refractivity contribution in [3.05, 3.63) is 65.6 Å². The van der Waals surface area contributed by atoms with Crippen LogP contribution in [0.3, 0.4) is 0 Å². The van der Waals surface area contributed by atoms with Gasteiger partial charge in [-0.15, -0.1) is 0 Å². The van der Waals surface area contributed by atoms with E-state index in [1.54, 1.807) is 22.6 Å². The molecule has 1 saturated heterocycles. The highest BCUT2D eigenvalue weighted by Crippen LogP contribution is 2.28. The number of aryl methyl sites for hydroxylation is 2.